The van der Waals surface area contributed by atoms with Gasteiger partial charge in [0.2, 0.25) is 0 Å². The van der Waals surface area contributed by atoms with Crippen LogP contribution in [0.4, 0.5) is 5.82 Å². The molecule has 0 radical (unpaired) electrons. The van der Waals surface area contributed by atoms with Crippen molar-refractivity contribution in [2.75, 3.05) is 39.5 Å². The SMILES string of the molecule is CCCN(CCN(C)C)C(=O)c1cc(Br)cnc1N. The Hall–Kier alpha value is -1.14. The quantitative estimate of drug-likeness (QED) is 0.865. The average molecular weight is 329 g/mol. The molecule has 0 unspecified atom stereocenters. The van der Waals surface area contributed by atoms with Gasteiger partial charge in [-0.05, 0) is 42.5 Å². The van der Waals surface area contributed by atoms with Crippen LogP contribution in [0.1, 0.15) is 23.7 Å². The number of likely N-dealkylation sites (N-methyl/N-ethyl adjacent to an activating group) is 1. The molecule has 1 rings (SSSR count). The third-order valence-corrected chi connectivity index (χ3v) is 3.15. The topological polar surface area (TPSA) is 62.5 Å². The van der Waals surface area contributed by atoms with Crippen molar-refractivity contribution >= 4 is 27.7 Å². The van der Waals surface area contributed by atoms with Gasteiger partial charge in [-0.1, -0.05) is 6.92 Å². The Morgan fingerprint density at radius 3 is 2.63 bits per heavy atom. The molecule has 0 aliphatic carbocycles. The zero-order valence-corrected chi connectivity index (χ0v) is 13.3. The van der Waals surface area contributed by atoms with E-state index in [0.717, 1.165) is 24.0 Å². The highest BCUT2D eigenvalue weighted by atomic mass is 79.9. The fourth-order valence-electron chi connectivity index (χ4n) is 1.70. The molecular formula is C13H21BrN4O. The summed E-state index contributed by atoms with van der Waals surface area (Å²) in [7, 11) is 3.98. The summed E-state index contributed by atoms with van der Waals surface area (Å²) < 4.78 is 0.758. The fraction of sp³-hybridized carbons (Fsp3) is 0.538. The van der Waals surface area contributed by atoms with Gasteiger partial charge in [-0.2, -0.15) is 0 Å². The van der Waals surface area contributed by atoms with E-state index in [1.165, 1.54) is 0 Å². The second-order valence-electron chi connectivity index (χ2n) is 4.68. The smallest absolute Gasteiger partial charge is 0.257 e. The maximum absolute atomic E-state index is 12.5. The van der Waals surface area contributed by atoms with Crippen LogP contribution in [-0.2, 0) is 0 Å². The summed E-state index contributed by atoms with van der Waals surface area (Å²) in [4.78, 5) is 20.4. The number of anilines is 1. The number of amides is 1. The van der Waals surface area contributed by atoms with Crippen LogP contribution in [0.25, 0.3) is 0 Å². The Morgan fingerprint density at radius 1 is 1.37 bits per heavy atom. The number of nitrogens with zero attached hydrogens (tertiary/aromatic N) is 3. The zero-order valence-electron chi connectivity index (χ0n) is 11.7. The highest BCUT2D eigenvalue weighted by molar-refractivity contribution is 9.10. The van der Waals surface area contributed by atoms with Crippen LogP contribution in [0.5, 0.6) is 0 Å². The Labute approximate surface area is 122 Å². The van der Waals surface area contributed by atoms with Crippen LogP contribution in [-0.4, -0.2) is 54.4 Å². The molecule has 0 fully saturated rings. The Kier molecular flexibility index (Phi) is 6.24. The van der Waals surface area contributed by atoms with Crippen LogP contribution >= 0.6 is 15.9 Å². The molecule has 0 atom stereocenters. The summed E-state index contributed by atoms with van der Waals surface area (Å²) in [6.45, 7) is 4.29. The number of carbonyl (C=O) groups is 1. The molecule has 0 saturated carbocycles. The molecule has 2 N–H and O–H groups in total. The number of aromatic nitrogens is 1. The molecule has 0 aromatic carbocycles. The number of rotatable bonds is 6. The van der Waals surface area contributed by atoms with Crippen molar-refractivity contribution in [3.8, 4) is 0 Å². The minimum Gasteiger partial charge on any atom is -0.383 e. The predicted molar refractivity (Wildman–Crippen MR) is 81.1 cm³/mol. The van der Waals surface area contributed by atoms with E-state index in [4.69, 9.17) is 5.73 Å². The van der Waals surface area contributed by atoms with E-state index < -0.39 is 0 Å². The van der Waals surface area contributed by atoms with Crippen molar-refractivity contribution in [2.24, 2.45) is 0 Å². The minimum absolute atomic E-state index is 0.0602. The van der Waals surface area contributed by atoms with Crippen molar-refractivity contribution in [1.82, 2.24) is 14.8 Å². The molecule has 0 spiro atoms. The lowest BCUT2D eigenvalue weighted by Crippen LogP contribution is -2.37. The van der Waals surface area contributed by atoms with Gasteiger partial charge in [0.15, 0.2) is 0 Å². The van der Waals surface area contributed by atoms with Gasteiger partial charge in [-0.3, -0.25) is 4.79 Å². The molecule has 1 aromatic heterocycles. The number of nitrogens with two attached hydrogens (primary N) is 1. The molecule has 0 saturated heterocycles. The lowest BCUT2D eigenvalue weighted by molar-refractivity contribution is 0.0745. The number of hydrogen-bond acceptors (Lipinski definition) is 4. The van der Waals surface area contributed by atoms with E-state index in [-0.39, 0.29) is 11.7 Å². The van der Waals surface area contributed by atoms with E-state index in [1.807, 2.05) is 19.0 Å². The van der Waals surface area contributed by atoms with Crippen molar-refractivity contribution in [3.05, 3.63) is 22.3 Å². The molecule has 0 aliphatic heterocycles. The van der Waals surface area contributed by atoms with Gasteiger partial charge in [0.25, 0.3) is 5.91 Å². The number of pyridine rings is 1. The summed E-state index contributed by atoms with van der Waals surface area (Å²) in [6.07, 6.45) is 2.51. The van der Waals surface area contributed by atoms with E-state index >= 15 is 0 Å². The monoisotopic (exact) mass is 328 g/mol. The minimum atomic E-state index is -0.0602. The molecule has 0 aliphatic rings. The summed E-state index contributed by atoms with van der Waals surface area (Å²) in [5.74, 6) is 0.217. The van der Waals surface area contributed by atoms with Crippen molar-refractivity contribution in [3.63, 3.8) is 0 Å². The molecule has 5 nitrogen and oxygen atoms in total. The number of hydrogen-bond donors (Lipinski definition) is 1. The van der Waals surface area contributed by atoms with Crippen molar-refractivity contribution < 1.29 is 4.79 Å². The van der Waals surface area contributed by atoms with Gasteiger partial charge in [0.05, 0.1) is 5.56 Å². The van der Waals surface area contributed by atoms with E-state index in [9.17, 15) is 4.79 Å². The number of carbonyl (C=O) groups excluding carboxylic acids is 1. The Balaban J connectivity index is 2.88. The average Bonchev–Trinajstić information content (AvgIpc) is 2.36. The van der Waals surface area contributed by atoms with Gasteiger partial charge in [-0.25, -0.2) is 4.98 Å². The molecule has 0 bridgehead atoms. The van der Waals surface area contributed by atoms with Crippen molar-refractivity contribution in [2.45, 2.75) is 13.3 Å². The first-order chi connectivity index (χ1) is 8.95. The summed E-state index contributed by atoms with van der Waals surface area (Å²) in [6, 6.07) is 1.73. The van der Waals surface area contributed by atoms with E-state index in [1.54, 1.807) is 12.3 Å². The first-order valence-electron chi connectivity index (χ1n) is 6.30. The second kappa shape index (κ2) is 7.45. The molecular weight excluding hydrogens is 308 g/mol. The largest absolute Gasteiger partial charge is 0.383 e. The molecule has 6 heteroatoms. The zero-order chi connectivity index (χ0) is 14.4. The summed E-state index contributed by atoms with van der Waals surface area (Å²) in [5.41, 5.74) is 6.25. The van der Waals surface area contributed by atoms with E-state index in [2.05, 4.69) is 32.7 Å². The molecule has 1 aromatic rings. The Morgan fingerprint density at radius 2 is 2.05 bits per heavy atom. The maximum Gasteiger partial charge on any atom is 0.257 e. The lowest BCUT2D eigenvalue weighted by atomic mass is 10.2. The molecule has 1 heterocycles. The van der Waals surface area contributed by atoms with Crippen LogP contribution in [0.2, 0.25) is 0 Å². The molecule has 19 heavy (non-hydrogen) atoms. The molecule has 1 amide bonds. The van der Waals surface area contributed by atoms with Gasteiger partial charge in [-0.15, -0.1) is 0 Å². The van der Waals surface area contributed by atoms with Crippen LogP contribution in [0.15, 0.2) is 16.7 Å². The summed E-state index contributed by atoms with van der Waals surface area (Å²) >= 11 is 3.32. The fourth-order valence-corrected chi connectivity index (χ4v) is 2.03. The first kappa shape index (κ1) is 15.9. The van der Waals surface area contributed by atoms with Crippen LogP contribution < -0.4 is 5.73 Å². The highest BCUT2D eigenvalue weighted by Crippen LogP contribution is 2.17. The van der Waals surface area contributed by atoms with Crippen molar-refractivity contribution in [1.29, 1.82) is 0 Å². The van der Waals surface area contributed by atoms with Gasteiger partial charge < -0.3 is 15.5 Å². The number of nitrogen functional groups attached to an aromatic ring is 1. The third-order valence-electron chi connectivity index (χ3n) is 2.71. The maximum atomic E-state index is 12.5. The van der Waals surface area contributed by atoms with Crippen LogP contribution in [0.3, 0.4) is 0 Å². The van der Waals surface area contributed by atoms with Gasteiger partial charge in [0, 0.05) is 30.3 Å². The van der Waals surface area contributed by atoms with Gasteiger partial charge >= 0.3 is 0 Å². The highest BCUT2D eigenvalue weighted by Gasteiger charge is 2.18. The van der Waals surface area contributed by atoms with E-state index in [0.29, 0.717) is 12.1 Å². The summed E-state index contributed by atoms with van der Waals surface area (Å²) in [5, 5.41) is 0. The lowest BCUT2D eigenvalue weighted by Gasteiger charge is -2.24. The first-order valence-corrected chi connectivity index (χ1v) is 7.10. The molecule has 106 valence electrons. The second-order valence-corrected chi connectivity index (χ2v) is 5.60. The normalized spacial score (nSPS) is 10.8. The Bertz CT molecular complexity index is 437. The van der Waals surface area contributed by atoms with Crippen LogP contribution in [0, 0.1) is 0 Å². The number of halogens is 1. The third kappa shape index (κ3) is 4.80. The predicted octanol–water partition coefficient (Wildman–Crippen LogP) is 1.84. The van der Waals surface area contributed by atoms with Gasteiger partial charge in [0.1, 0.15) is 5.82 Å². The standard InChI is InChI=1S/C13H21BrN4O/c1-4-5-18(7-6-17(2)3)13(19)11-8-10(14)9-16-12(11)15/h8-9H,4-7H2,1-3H3,(H2,15,16).